The molecule has 110 valence electrons. The molecule has 0 aromatic heterocycles. The van der Waals surface area contributed by atoms with Crippen molar-refractivity contribution in [3.05, 3.63) is 58.6 Å². The molecule has 1 aliphatic carbocycles. The van der Waals surface area contributed by atoms with Crippen LogP contribution in [0.2, 0.25) is 5.02 Å². The fourth-order valence-corrected chi connectivity index (χ4v) is 2.20. The molecule has 5 heteroatoms. The zero-order valence-electron chi connectivity index (χ0n) is 11.2. The molecule has 2 aromatic rings. The molecule has 0 saturated heterocycles. The fraction of sp³-hybridized carbons (Fsp3) is 0.250. The van der Waals surface area contributed by atoms with Crippen molar-refractivity contribution < 1.29 is 13.5 Å². The lowest BCUT2D eigenvalue weighted by molar-refractivity contribution is 0.431. The number of benzene rings is 2. The van der Waals surface area contributed by atoms with Gasteiger partial charge in [-0.3, -0.25) is 0 Å². The topological polar surface area (TPSA) is 21.3 Å². The Morgan fingerprint density at radius 2 is 1.86 bits per heavy atom. The van der Waals surface area contributed by atoms with Crippen LogP contribution in [0.1, 0.15) is 18.4 Å². The quantitative estimate of drug-likeness (QED) is 0.867. The van der Waals surface area contributed by atoms with E-state index in [-0.39, 0.29) is 5.75 Å². The predicted molar refractivity (Wildman–Crippen MR) is 77.7 cm³/mol. The lowest BCUT2D eigenvalue weighted by atomic mass is 10.2. The third-order valence-corrected chi connectivity index (χ3v) is 3.53. The van der Waals surface area contributed by atoms with E-state index < -0.39 is 11.6 Å². The second-order valence-corrected chi connectivity index (χ2v) is 5.52. The van der Waals surface area contributed by atoms with Crippen molar-refractivity contribution in [3.8, 4) is 11.5 Å². The monoisotopic (exact) mass is 309 g/mol. The average Bonchev–Trinajstić information content (AvgIpc) is 3.26. The standard InChI is InChI=1S/C16H14ClF2NO/c17-11-1-5-15(10(7-11)9-20-13-3-4-13)21-16-6-2-12(18)8-14(16)19/h1-2,5-8,13,20H,3-4,9H2. The van der Waals surface area contributed by atoms with Crippen molar-refractivity contribution in [2.75, 3.05) is 0 Å². The molecule has 0 atom stereocenters. The summed E-state index contributed by atoms with van der Waals surface area (Å²) in [5.41, 5.74) is 0.845. The molecule has 1 N–H and O–H groups in total. The number of nitrogens with one attached hydrogen (secondary N) is 1. The maximum Gasteiger partial charge on any atom is 0.168 e. The highest BCUT2D eigenvalue weighted by molar-refractivity contribution is 6.30. The maximum absolute atomic E-state index is 13.7. The molecule has 2 nitrogen and oxygen atoms in total. The van der Waals surface area contributed by atoms with E-state index in [1.165, 1.54) is 18.9 Å². The highest BCUT2D eigenvalue weighted by Crippen LogP contribution is 2.30. The number of hydrogen-bond acceptors (Lipinski definition) is 2. The summed E-state index contributed by atoms with van der Waals surface area (Å²) in [7, 11) is 0. The van der Waals surface area contributed by atoms with Gasteiger partial charge in [-0.1, -0.05) is 11.6 Å². The fourth-order valence-electron chi connectivity index (χ4n) is 2.00. The van der Waals surface area contributed by atoms with Crippen LogP contribution in [-0.2, 0) is 6.54 Å². The zero-order valence-corrected chi connectivity index (χ0v) is 12.0. The van der Waals surface area contributed by atoms with E-state index in [1.54, 1.807) is 18.2 Å². The number of rotatable bonds is 5. The van der Waals surface area contributed by atoms with Gasteiger partial charge in [-0.2, -0.15) is 0 Å². The van der Waals surface area contributed by atoms with Crippen molar-refractivity contribution >= 4 is 11.6 Å². The van der Waals surface area contributed by atoms with Gasteiger partial charge in [0.1, 0.15) is 11.6 Å². The molecule has 21 heavy (non-hydrogen) atoms. The van der Waals surface area contributed by atoms with E-state index in [0.717, 1.165) is 17.7 Å². The Kier molecular flexibility index (Phi) is 4.08. The number of halogens is 3. The van der Waals surface area contributed by atoms with Crippen LogP contribution in [0, 0.1) is 11.6 Å². The van der Waals surface area contributed by atoms with Gasteiger partial charge in [0.2, 0.25) is 0 Å². The first-order valence-electron chi connectivity index (χ1n) is 6.76. The Balaban J connectivity index is 1.82. The summed E-state index contributed by atoms with van der Waals surface area (Å²) in [5.74, 6) is -0.859. The van der Waals surface area contributed by atoms with Gasteiger partial charge in [0.25, 0.3) is 0 Å². The van der Waals surface area contributed by atoms with Gasteiger partial charge in [-0.25, -0.2) is 8.78 Å². The lowest BCUT2D eigenvalue weighted by Gasteiger charge is -2.13. The molecule has 0 aliphatic heterocycles. The number of hydrogen-bond donors (Lipinski definition) is 1. The van der Waals surface area contributed by atoms with Gasteiger partial charge in [-0.15, -0.1) is 0 Å². The summed E-state index contributed by atoms with van der Waals surface area (Å²) in [5, 5.41) is 3.95. The van der Waals surface area contributed by atoms with Crippen molar-refractivity contribution in [2.45, 2.75) is 25.4 Å². The minimum atomic E-state index is -0.731. The summed E-state index contributed by atoms with van der Waals surface area (Å²) >= 11 is 6.00. The first kappa shape index (κ1) is 14.3. The van der Waals surface area contributed by atoms with E-state index >= 15 is 0 Å². The van der Waals surface area contributed by atoms with Crippen LogP contribution in [0.15, 0.2) is 36.4 Å². The van der Waals surface area contributed by atoms with E-state index in [9.17, 15) is 8.78 Å². The molecule has 0 spiro atoms. The Morgan fingerprint density at radius 3 is 2.57 bits per heavy atom. The highest BCUT2D eigenvalue weighted by Gasteiger charge is 2.21. The van der Waals surface area contributed by atoms with E-state index in [4.69, 9.17) is 16.3 Å². The molecule has 1 saturated carbocycles. The highest BCUT2D eigenvalue weighted by atomic mass is 35.5. The molecule has 0 radical (unpaired) electrons. The van der Waals surface area contributed by atoms with Gasteiger partial charge in [0.05, 0.1) is 0 Å². The zero-order chi connectivity index (χ0) is 14.8. The van der Waals surface area contributed by atoms with Crippen LogP contribution in [0.25, 0.3) is 0 Å². The van der Waals surface area contributed by atoms with Crippen LogP contribution in [0.4, 0.5) is 8.78 Å². The maximum atomic E-state index is 13.7. The first-order chi connectivity index (χ1) is 10.1. The molecule has 1 fully saturated rings. The van der Waals surface area contributed by atoms with Gasteiger partial charge in [0.15, 0.2) is 11.6 Å². The van der Waals surface area contributed by atoms with Gasteiger partial charge in [-0.05, 0) is 43.2 Å². The normalized spacial score (nSPS) is 14.2. The van der Waals surface area contributed by atoms with Crippen molar-refractivity contribution in [1.82, 2.24) is 5.32 Å². The van der Waals surface area contributed by atoms with Crippen LogP contribution in [-0.4, -0.2) is 6.04 Å². The molecule has 1 aliphatic rings. The van der Waals surface area contributed by atoms with E-state index in [0.29, 0.717) is 23.4 Å². The third-order valence-electron chi connectivity index (χ3n) is 3.29. The summed E-state index contributed by atoms with van der Waals surface area (Å²) < 4.78 is 32.1. The summed E-state index contributed by atoms with van der Waals surface area (Å²) in [6.07, 6.45) is 2.34. The molecule has 3 rings (SSSR count). The second-order valence-electron chi connectivity index (χ2n) is 5.08. The molecule has 0 heterocycles. The Hall–Kier alpha value is -1.65. The van der Waals surface area contributed by atoms with Gasteiger partial charge >= 0.3 is 0 Å². The molecule has 0 bridgehead atoms. The average molecular weight is 310 g/mol. The van der Waals surface area contributed by atoms with Gasteiger partial charge in [0, 0.05) is 29.2 Å². The van der Waals surface area contributed by atoms with E-state index in [1.807, 2.05) is 0 Å². The van der Waals surface area contributed by atoms with Crippen LogP contribution in [0.5, 0.6) is 11.5 Å². The molecule has 0 unspecified atom stereocenters. The number of ether oxygens (including phenoxy) is 1. The summed E-state index contributed by atoms with van der Waals surface area (Å²) in [6.45, 7) is 0.601. The third kappa shape index (κ3) is 3.71. The van der Waals surface area contributed by atoms with Crippen LogP contribution >= 0.6 is 11.6 Å². The SMILES string of the molecule is Fc1ccc(Oc2ccc(Cl)cc2CNC2CC2)c(F)c1. The molecule has 0 amide bonds. The minimum absolute atomic E-state index is 0.00797. The van der Waals surface area contributed by atoms with E-state index in [2.05, 4.69) is 5.32 Å². The Morgan fingerprint density at radius 1 is 1.10 bits per heavy atom. The predicted octanol–water partition coefficient (Wildman–Crippen LogP) is 4.66. The lowest BCUT2D eigenvalue weighted by Crippen LogP contribution is -2.15. The van der Waals surface area contributed by atoms with Crippen LogP contribution < -0.4 is 10.1 Å². The molecular weight excluding hydrogens is 296 g/mol. The summed E-state index contributed by atoms with van der Waals surface area (Å²) in [6, 6.07) is 8.93. The Bertz CT molecular complexity index is 659. The van der Waals surface area contributed by atoms with Crippen molar-refractivity contribution in [3.63, 3.8) is 0 Å². The van der Waals surface area contributed by atoms with Crippen molar-refractivity contribution in [1.29, 1.82) is 0 Å². The smallest absolute Gasteiger partial charge is 0.168 e. The Labute approximate surface area is 126 Å². The second kappa shape index (κ2) is 6.00. The first-order valence-corrected chi connectivity index (χ1v) is 7.14. The van der Waals surface area contributed by atoms with Crippen LogP contribution in [0.3, 0.4) is 0 Å². The minimum Gasteiger partial charge on any atom is -0.454 e. The summed E-state index contributed by atoms with van der Waals surface area (Å²) in [4.78, 5) is 0. The molecular formula is C16H14ClF2NO. The van der Waals surface area contributed by atoms with Gasteiger partial charge < -0.3 is 10.1 Å². The molecule has 2 aromatic carbocycles. The largest absolute Gasteiger partial charge is 0.454 e. The van der Waals surface area contributed by atoms with Crippen molar-refractivity contribution in [2.24, 2.45) is 0 Å².